The second-order valence-electron chi connectivity index (χ2n) is 16.0. The lowest BCUT2D eigenvalue weighted by atomic mass is 9.92. The molecular formula is C52H40N4S. The third-order valence-corrected chi connectivity index (χ3v) is 13.8. The zero-order chi connectivity index (χ0) is 37.8. The molecule has 4 atom stereocenters. The van der Waals surface area contributed by atoms with Gasteiger partial charge in [-0.1, -0.05) is 140 Å². The molecule has 0 amide bonds. The molecule has 4 heterocycles. The van der Waals surface area contributed by atoms with Crippen molar-refractivity contribution in [2.75, 3.05) is 0 Å². The molecule has 4 unspecified atom stereocenters. The fraction of sp³-hybridized carbons (Fsp3) is 0.135. The van der Waals surface area contributed by atoms with E-state index in [0.29, 0.717) is 5.92 Å². The van der Waals surface area contributed by atoms with Crippen LogP contribution in [0.2, 0.25) is 0 Å². The molecule has 57 heavy (non-hydrogen) atoms. The van der Waals surface area contributed by atoms with Crippen molar-refractivity contribution in [2.45, 2.75) is 44.9 Å². The highest BCUT2D eigenvalue weighted by Gasteiger charge is 2.57. The normalized spacial score (nSPS) is 18.3. The van der Waals surface area contributed by atoms with Crippen LogP contribution in [0, 0.1) is 6.92 Å². The summed E-state index contributed by atoms with van der Waals surface area (Å²) in [5.74, 6) is 1.54. The number of thiophene rings is 1. The second-order valence-corrected chi connectivity index (χ2v) is 17.1. The van der Waals surface area contributed by atoms with Crippen LogP contribution in [-0.4, -0.2) is 26.6 Å². The summed E-state index contributed by atoms with van der Waals surface area (Å²) in [6.07, 6.45) is 2.29. The molecule has 274 valence electrons. The van der Waals surface area contributed by atoms with Gasteiger partial charge in [-0.05, 0) is 83.3 Å². The van der Waals surface area contributed by atoms with Gasteiger partial charge in [0.25, 0.3) is 0 Å². The van der Waals surface area contributed by atoms with E-state index in [1.54, 1.807) is 0 Å². The third-order valence-electron chi connectivity index (χ3n) is 12.7. The van der Waals surface area contributed by atoms with Gasteiger partial charge in [0.05, 0.1) is 11.0 Å². The monoisotopic (exact) mass is 752 g/mol. The van der Waals surface area contributed by atoms with Crippen molar-refractivity contribution in [1.29, 1.82) is 0 Å². The first-order valence-corrected chi connectivity index (χ1v) is 21.0. The number of benzene rings is 8. The number of hydrogen-bond donors (Lipinski definition) is 0. The number of fused-ring (bicyclic) bond motifs is 10. The number of aryl methyl sites for hydroxylation is 1. The molecule has 8 aromatic carbocycles. The van der Waals surface area contributed by atoms with E-state index in [1.807, 2.05) is 11.3 Å². The highest BCUT2D eigenvalue weighted by Crippen LogP contribution is 2.53. The lowest BCUT2D eigenvalue weighted by Gasteiger charge is -2.17. The molecule has 4 nitrogen and oxygen atoms in total. The minimum absolute atomic E-state index is 0.0832. The van der Waals surface area contributed by atoms with E-state index in [9.17, 15) is 0 Å². The molecule has 1 saturated heterocycles. The summed E-state index contributed by atoms with van der Waals surface area (Å²) in [6, 6.07) is 60.5. The second kappa shape index (κ2) is 12.6. The number of rotatable bonds is 7. The summed E-state index contributed by atoms with van der Waals surface area (Å²) >= 11 is 1.91. The van der Waals surface area contributed by atoms with Crippen LogP contribution >= 0.6 is 11.3 Å². The first-order valence-electron chi connectivity index (χ1n) is 20.2. The van der Waals surface area contributed by atoms with Crippen molar-refractivity contribution >= 4 is 80.7 Å². The van der Waals surface area contributed by atoms with Crippen LogP contribution in [0.5, 0.6) is 0 Å². The maximum Gasteiger partial charge on any atom is 0.149 e. The van der Waals surface area contributed by atoms with Crippen LogP contribution in [0.25, 0.3) is 69.2 Å². The van der Waals surface area contributed by atoms with Crippen LogP contribution in [-0.2, 0) is 0 Å². The number of hydrogen-bond acceptors (Lipinski definition) is 4. The fourth-order valence-corrected chi connectivity index (χ4v) is 11.0. The molecule has 0 saturated carbocycles. The van der Waals surface area contributed by atoms with Gasteiger partial charge in [-0.2, -0.15) is 5.01 Å². The summed E-state index contributed by atoms with van der Waals surface area (Å²) in [4.78, 5) is 5.47. The molecule has 0 radical (unpaired) electrons. The Kier molecular flexibility index (Phi) is 7.29. The molecule has 0 aliphatic carbocycles. The van der Waals surface area contributed by atoms with Crippen molar-refractivity contribution in [3.05, 3.63) is 186 Å². The van der Waals surface area contributed by atoms with Crippen molar-refractivity contribution in [3.8, 4) is 5.69 Å². The summed E-state index contributed by atoms with van der Waals surface area (Å²) in [5.41, 5.74) is 9.05. The van der Waals surface area contributed by atoms with E-state index < -0.39 is 0 Å². The Morgan fingerprint density at radius 3 is 2.28 bits per heavy atom. The highest BCUT2D eigenvalue weighted by atomic mass is 32.1. The smallest absolute Gasteiger partial charge is 0.149 e. The van der Waals surface area contributed by atoms with E-state index in [4.69, 9.17) is 4.99 Å². The van der Waals surface area contributed by atoms with Gasteiger partial charge >= 0.3 is 0 Å². The van der Waals surface area contributed by atoms with Gasteiger partial charge in [0.1, 0.15) is 18.2 Å². The van der Waals surface area contributed by atoms with E-state index in [2.05, 4.69) is 192 Å². The molecule has 0 spiro atoms. The first-order chi connectivity index (χ1) is 28.1. The van der Waals surface area contributed by atoms with Crippen molar-refractivity contribution in [3.63, 3.8) is 0 Å². The van der Waals surface area contributed by atoms with Gasteiger partial charge in [0, 0.05) is 53.1 Å². The predicted molar refractivity (Wildman–Crippen MR) is 241 cm³/mol. The highest BCUT2D eigenvalue weighted by molar-refractivity contribution is 7.25. The Bertz CT molecular complexity index is 3280. The zero-order valence-electron chi connectivity index (χ0n) is 31.9. The fourth-order valence-electron chi connectivity index (χ4n) is 9.87. The van der Waals surface area contributed by atoms with Crippen LogP contribution in [0.4, 0.5) is 0 Å². The number of amidine groups is 1. The van der Waals surface area contributed by atoms with Crippen LogP contribution < -0.4 is 0 Å². The number of aromatic nitrogens is 1. The molecule has 2 aliphatic heterocycles. The van der Waals surface area contributed by atoms with Crippen molar-refractivity contribution < 1.29 is 0 Å². The Morgan fingerprint density at radius 2 is 1.39 bits per heavy atom. The lowest BCUT2D eigenvalue weighted by Crippen LogP contribution is -2.16. The van der Waals surface area contributed by atoms with E-state index in [-0.39, 0.29) is 12.3 Å². The Morgan fingerprint density at radius 1 is 0.632 bits per heavy atom. The predicted octanol–water partition coefficient (Wildman–Crippen LogP) is 13.7. The molecule has 0 bridgehead atoms. The Labute approximate surface area is 335 Å². The molecule has 5 heteroatoms. The average Bonchev–Trinajstić information content (AvgIpc) is 3.50. The van der Waals surface area contributed by atoms with E-state index in [0.717, 1.165) is 18.7 Å². The Hall–Kier alpha value is -6.27. The first kappa shape index (κ1) is 32.9. The van der Waals surface area contributed by atoms with Gasteiger partial charge in [-0.3, -0.25) is 5.01 Å². The van der Waals surface area contributed by atoms with Gasteiger partial charge in [0.15, 0.2) is 0 Å². The van der Waals surface area contributed by atoms with Crippen LogP contribution in [0.3, 0.4) is 0 Å². The molecular weight excluding hydrogens is 713 g/mol. The quantitative estimate of drug-likeness (QED) is 0.151. The molecule has 10 aromatic rings. The third kappa shape index (κ3) is 5.05. The lowest BCUT2D eigenvalue weighted by molar-refractivity contribution is 0.307. The molecule has 0 N–H and O–H groups in total. The average molecular weight is 753 g/mol. The summed E-state index contributed by atoms with van der Waals surface area (Å²) in [5, 5.41) is 15.3. The van der Waals surface area contributed by atoms with Gasteiger partial charge in [-0.15, -0.1) is 11.3 Å². The van der Waals surface area contributed by atoms with Gasteiger partial charge < -0.3 is 4.57 Å². The topological polar surface area (TPSA) is 23.3 Å². The Balaban J connectivity index is 0.964. The standard InChI is InChI=1S/C52H40N4S/c1-32-12-3-7-16-39(32)33(2)22-29-48-53-51(37-24-23-34-13-4-5-15-36(34)30-37)56-52(55(48)56)44-19-11-21-46-49(44)43-28-26-38(31-47(43)57-46)54-45-20-10-9-18-41(45)42-27-25-35-14-6-8-17-40(35)50(42)54/h3-21,23-28,30-31,33,48,52H,22,29H2,1-2H3. The van der Waals surface area contributed by atoms with Crippen molar-refractivity contribution in [1.82, 2.24) is 14.6 Å². The molecule has 12 rings (SSSR count). The summed E-state index contributed by atoms with van der Waals surface area (Å²) in [7, 11) is 0. The SMILES string of the molecule is Cc1ccccc1C(C)CCC1N=C(c2ccc3ccccc3c2)N2C(c3cccc4sc5cc(-n6c7ccccc7c7ccc8ccccc8c76)ccc5c34)N12. The van der Waals surface area contributed by atoms with E-state index >= 15 is 0 Å². The number of aliphatic imine (C=N–C) groups is 1. The summed E-state index contributed by atoms with van der Waals surface area (Å²) < 4.78 is 5.12. The van der Waals surface area contributed by atoms with Gasteiger partial charge in [-0.25, -0.2) is 4.99 Å². The van der Waals surface area contributed by atoms with Crippen molar-refractivity contribution in [2.24, 2.45) is 4.99 Å². The maximum absolute atomic E-state index is 5.47. The molecule has 2 aliphatic rings. The van der Waals surface area contributed by atoms with Crippen LogP contribution in [0.1, 0.15) is 54.1 Å². The van der Waals surface area contributed by atoms with Crippen LogP contribution in [0.15, 0.2) is 169 Å². The largest absolute Gasteiger partial charge is 0.309 e. The minimum Gasteiger partial charge on any atom is -0.309 e. The summed E-state index contributed by atoms with van der Waals surface area (Å²) in [6.45, 7) is 4.61. The number of nitrogens with zero attached hydrogens (tertiary/aromatic N) is 4. The minimum atomic E-state index is 0.0832. The molecule has 1 fully saturated rings. The number of hydrazine groups is 1. The molecule has 2 aromatic heterocycles. The zero-order valence-corrected chi connectivity index (χ0v) is 32.7. The maximum atomic E-state index is 5.47. The number of para-hydroxylation sites is 1. The van der Waals surface area contributed by atoms with Gasteiger partial charge in [0.2, 0.25) is 0 Å². The van der Waals surface area contributed by atoms with E-state index in [1.165, 1.54) is 91.5 Å².